The number of aliphatic hydroxyl groups excluding tert-OH is 1. The highest BCUT2D eigenvalue weighted by molar-refractivity contribution is 5.99. The highest BCUT2D eigenvalue weighted by atomic mass is 19.4. The van der Waals surface area contributed by atoms with Gasteiger partial charge in [0.05, 0.1) is 18.8 Å². The second kappa shape index (κ2) is 6.06. The minimum absolute atomic E-state index is 0.243. The van der Waals surface area contributed by atoms with Crippen molar-refractivity contribution in [2.24, 2.45) is 0 Å². The normalized spacial score (nSPS) is 23.4. The van der Waals surface area contributed by atoms with E-state index in [0.717, 1.165) is 5.56 Å². The quantitative estimate of drug-likeness (QED) is 0.869. The Kier molecular flexibility index (Phi) is 3.96. The lowest BCUT2D eigenvalue weighted by atomic mass is 10.1. The van der Waals surface area contributed by atoms with Gasteiger partial charge in [0.15, 0.2) is 0 Å². The van der Waals surface area contributed by atoms with Crippen LogP contribution in [-0.4, -0.2) is 51.4 Å². The van der Waals surface area contributed by atoms with E-state index < -0.39 is 24.2 Å². The first-order valence-corrected chi connectivity index (χ1v) is 7.95. The summed E-state index contributed by atoms with van der Waals surface area (Å²) in [5.41, 5.74) is 1.31. The van der Waals surface area contributed by atoms with Crippen molar-refractivity contribution in [2.75, 3.05) is 13.2 Å². The Morgan fingerprint density at radius 3 is 2.81 bits per heavy atom. The minimum atomic E-state index is -4.73. The molecular formula is C16H14F3N3O4. The topological polar surface area (TPSA) is 88.7 Å². The molecule has 0 radical (unpaired) electrons. The van der Waals surface area contributed by atoms with Gasteiger partial charge in [0, 0.05) is 24.3 Å². The smallest absolute Gasteiger partial charge is 0.391 e. The van der Waals surface area contributed by atoms with Gasteiger partial charge in [-0.05, 0) is 18.1 Å². The summed E-state index contributed by atoms with van der Waals surface area (Å²) < 4.78 is 47.4. The number of hydrogen-bond donors (Lipinski definition) is 1. The van der Waals surface area contributed by atoms with Gasteiger partial charge in [-0.25, -0.2) is 0 Å². The van der Waals surface area contributed by atoms with Crippen LogP contribution in [0.1, 0.15) is 28.2 Å². The van der Waals surface area contributed by atoms with Crippen LogP contribution in [0.2, 0.25) is 0 Å². The highest BCUT2D eigenvalue weighted by Crippen LogP contribution is 2.32. The second-order valence-electron chi connectivity index (χ2n) is 6.22. The molecule has 1 aromatic carbocycles. The molecule has 2 aliphatic rings. The van der Waals surface area contributed by atoms with E-state index in [1.807, 2.05) is 0 Å². The first-order chi connectivity index (χ1) is 12.3. The molecule has 0 unspecified atom stereocenters. The third kappa shape index (κ3) is 2.84. The van der Waals surface area contributed by atoms with Crippen LogP contribution in [0, 0.1) is 0 Å². The predicted octanol–water partition coefficient (Wildman–Crippen LogP) is 1.86. The zero-order chi connectivity index (χ0) is 18.5. The van der Waals surface area contributed by atoms with Crippen LogP contribution in [0.15, 0.2) is 22.7 Å². The monoisotopic (exact) mass is 369 g/mol. The third-order valence-corrected chi connectivity index (χ3v) is 4.56. The SMILES string of the molecule is O=C1c2cc(-c3noc(C(F)(F)F)n3)ccc2CN1[C@@H]1COCC[C@H]1O. The number of ether oxygens (including phenoxy) is 1. The number of amides is 1. The van der Waals surface area contributed by atoms with Crippen LogP contribution in [0.4, 0.5) is 13.2 Å². The number of alkyl halides is 3. The van der Waals surface area contributed by atoms with Gasteiger partial charge in [-0.1, -0.05) is 17.3 Å². The van der Waals surface area contributed by atoms with E-state index in [2.05, 4.69) is 14.7 Å². The Morgan fingerprint density at radius 1 is 1.31 bits per heavy atom. The van der Waals surface area contributed by atoms with Crippen LogP contribution in [0.3, 0.4) is 0 Å². The van der Waals surface area contributed by atoms with E-state index >= 15 is 0 Å². The fourth-order valence-corrected chi connectivity index (χ4v) is 3.20. The molecule has 138 valence electrons. The molecule has 0 aliphatic carbocycles. The molecule has 2 atom stereocenters. The van der Waals surface area contributed by atoms with Crippen molar-refractivity contribution >= 4 is 5.91 Å². The summed E-state index contributed by atoms with van der Waals surface area (Å²) in [5.74, 6) is -1.99. The maximum absolute atomic E-state index is 12.7. The van der Waals surface area contributed by atoms with Crippen molar-refractivity contribution in [2.45, 2.75) is 31.3 Å². The number of benzene rings is 1. The number of nitrogens with zero attached hydrogens (tertiary/aromatic N) is 3. The summed E-state index contributed by atoms with van der Waals surface area (Å²) >= 11 is 0. The van der Waals surface area contributed by atoms with Crippen molar-refractivity contribution in [1.29, 1.82) is 0 Å². The van der Waals surface area contributed by atoms with Crippen molar-refractivity contribution in [3.63, 3.8) is 0 Å². The van der Waals surface area contributed by atoms with E-state index in [1.54, 1.807) is 6.07 Å². The Balaban J connectivity index is 1.61. The van der Waals surface area contributed by atoms with E-state index in [0.29, 0.717) is 25.1 Å². The summed E-state index contributed by atoms with van der Waals surface area (Å²) in [5, 5.41) is 13.5. The zero-order valence-corrected chi connectivity index (χ0v) is 13.4. The van der Waals surface area contributed by atoms with Crippen molar-refractivity contribution < 1.29 is 32.3 Å². The summed E-state index contributed by atoms with van der Waals surface area (Å²) in [6.45, 7) is 0.989. The van der Waals surface area contributed by atoms with E-state index in [1.165, 1.54) is 17.0 Å². The van der Waals surface area contributed by atoms with E-state index in [4.69, 9.17) is 4.74 Å². The molecule has 7 nitrogen and oxygen atoms in total. The number of carbonyl (C=O) groups excluding carboxylic acids is 1. The average molecular weight is 369 g/mol. The van der Waals surface area contributed by atoms with Gasteiger partial charge in [-0.3, -0.25) is 4.79 Å². The number of fused-ring (bicyclic) bond motifs is 1. The maximum Gasteiger partial charge on any atom is 0.471 e. The van der Waals surface area contributed by atoms with Gasteiger partial charge in [0.25, 0.3) is 5.91 Å². The highest BCUT2D eigenvalue weighted by Gasteiger charge is 2.40. The summed E-state index contributed by atoms with van der Waals surface area (Å²) in [7, 11) is 0. The first kappa shape index (κ1) is 17.0. The molecule has 10 heteroatoms. The molecule has 0 bridgehead atoms. The molecule has 26 heavy (non-hydrogen) atoms. The lowest BCUT2D eigenvalue weighted by molar-refractivity contribution is -0.159. The fourth-order valence-electron chi connectivity index (χ4n) is 3.20. The number of carbonyl (C=O) groups is 1. The van der Waals surface area contributed by atoms with Crippen molar-refractivity contribution in [1.82, 2.24) is 15.0 Å². The van der Waals surface area contributed by atoms with Crippen LogP contribution < -0.4 is 0 Å². The molecule has 1 aromatic heterocycles. The Morgan fingerprint density at radius 2 is 2.12 bits per heavy atom. The van der Waals surface area contributed by atoms with Gasteiger partial charge in [-0.2, -0.15) is 18.2 Å². The molecule has 1 amide bonds. The molecular weight excluding hydrogens is 355 g/mol. The Bertz CT molecular complexity index is 852. The molecule has 2 aromatic rings. The number of rotatable bonds is 2. The van der Waals surface area contributed by atoms with Crippen LogP contribution in [0.5, 0.6) is 0 Å². The van der Waals surface area contributed by atoms with Gasteiger partial charge < -0.3 is 19.3 Å². The van der Waals surface area contributed by atoms with Gasteiger partial charge >= 0.3 is 12.1 Å². The van der Waals surface area contributed by atoms with Crippen LogP contribution in [0.25, 0.3) is 11.4 Å². The lowest BCUT2D eigenvalue weighted by Gasteiger charge is -2.34. The molecule has 3 heterocycles. The zero-order valence-electron chi connectivity index (χ0n) is 13.4. The van der Waals surface area contributed by atoms with Crippen LogP contribution >= 0.6 is 0 Å². The Hall–Kier alpha value is -2.46. The maximum atomic E-state index is 12.7. The summed E-state index contributed by atoms with van der Waals surface area (Å²) in [6.07, 6.45) is -4.96. The van der Waals surface area contributed by atoms with E-state index in [9.17, 15) is 23.1 Å². The number of halogens is 3. The molecule has 1 fully saturated rings. The molecule has 4 rings (SSSR count). The number of hydrogen-bond acceptors (Lipinski definition) is 6. The summed E-state index contributed by atoms with van der Waals surface area (Å²) in [4.78, 5) is 17.6. The molecule has 1 saturated heterocycles. The Labute approximate surface area is 145 Å². The fraction of sp³-hybridized carbons (Fsp3) is 0.438. The average Bonchev–Trinajstić information content (AvgIpc) is 3.21. The van der Waals surface area contributed by atoms with Gasteiger partial charge in [0.2, 0.25) is 5.82 Å². The molecule has 0 saturated carbocycles. The molecule has 1 N–H and O–H groups in total. The minimum Gasteiger partial charge on any atom is -0.391 e. The largest absolute Gasteiger partial charge is 0.471 e. The second-order valence-corrected chi connectivity index (χ2v) is 6.22. The van der Waals surface area contributed by atoms with Crippen molar-refractivity contribution in [3.05, 3.63) is 35.2 Å². The van der Waals surface area contributed by atoms with Crippen molar-refractivity contribution in [3.8, 4) is 11.4 Å². The van der Waals surface area contributed by atoms with Crippen LogP contribution in [-0.2, 0) is 17.5 Å². The number of aromatic nitrogens is 2. The third-order valence-electron chi connectivity index (χ3n) is 4.56. The first-order valence-electron chi connectivity index (χ1n) is 7.95. The predicted molar refractivity (Wildman–Crippen MR) is 79.8 cm³/mol. The van der Waals surface area contributed by atoms with E-state index in [-0.39, 0.29) is 23.9 Å². The standard InChI is InChI=1S/C16H14F3N3O4/c17-16(18,19)15-20-13(21-26-15)8-1-2-9-6-22(14(24)10(9)5-8)11-7-25-4-3-12(11)23/h1-2,5,11-12,23H,3-4,6-7H2/t11-,12-/m1/s1. The molecule has 0 spiro atoms. The lowest BCUT2D eigenvalue weighted by Crippen LogP contribution is -2.49. The number of aliphatic hydroxyl groups is 1. The summed E-state index contributed by atoms with van der Waals surface area (Å²) in [6, 6.07) is 4.17. The van der Waals surface area contributed by atoms with Gasteiger partial charge in [-0.15, -0.1) is 0 Å². The van der Waals surface area contributed by atoms with Gasteiger partial charge in [0.1, 0.15) is 0 Å². The molecule has 2 aliphatic heterocycles.